The molecule has 3 aliphatic rings. The van der Waals surface area contributed by atoms with Crippen LogP contribution in [0.5, 0.6) is 0 Å². The van der Waals surface area contributed by atoms with Crippen LogP contribution in [0.15, 0.2) is 42.5 Å². The Labute approximate surface area is 203 Å². The number of aromatic carboxylic acids is 1. The molecule has 3 amide bonds. The fourth-order valence-corrected chi connectivity index (χ4v) is 4.89. The number of benzene rings is 2. The zero-order chi connectivity index (χ0) is 24.7. The van der Waals surface area contributed by atoms with Crippen LogP contribution in [0.1, 0.15) is 57.3 Å². The monoisotopic (exact) mass is 476 g/mol. The van der Waals surface area contributed by atoms with E-state index in [1.54, 1.807) is 42.5 Å². The second-order valence-corrected chi connectivity index (χ2v) is 9.55. The third-order valence-electron chi connectivity index (χ3n) is 6.92. The molecule has 1 saturated carbocycles. The maximum atomic E-state index is 13.4. The summed E-state index contributed by atoms with van der Waals surface area (Å²) in [5.74, 6) is -2.45. The molecule has 1 aliphatic carbocycles. The predicted octanol–water partition coefficient (Wildman–Crippen LogP) is 2.59. The maximum Gasteiger partial charge on any atom is 0.337 e. The minimum Gasteiger partial charge on any atom is -0.478 e. The molecule has 0 spiro atoms. The number of carboxylic acid groups (broad SMARTS) is 1. The molecule has 2 atom stereocenters. The fourth-order valence-electron chi connectivity index (χ4n) is 4.89. The number of amides is 3. The molecule has 1 saturated heterocycles. The number of rotatable bonds is 7. The van der Waals surface area contributed by atoms with E-state index in [1.165, 1.54) is 0 Å². The number of imide groups is 1. The molecule has 2 aromatic rings. The topological polar surface area (TPSA) is 119 Å². The van der Waals surface area contributed by atoms with Crippen LogP contribution in [0.2, 0.25) is 0 Å². The van der Waals surface area contributed by atoms with E-state index in [4.69, 9.17) is 0 Å². The Morgan fingerprint density at radius 2 is 1.80 bits per heavy atom. The van der Waals surface area contributed by atoms with Crippen LogP contribution in [0, 0.1) is 5.92 Å². The number of piperazine rings is 1. The molecule has 35 heavy (non-hydrogen) atoms. The first-order chi connectivity index (χ1) is 16.8. The molecule has 0 unspecified atom stereocenters. The van der Waals surface area contributed by atoms with Crippen LogP contribution in [0.4, 0.5) is 11.4 Å². The van der Waals surface area contributed by atoms with E-state index in [2.05, 4.69) is 22.5 Å². The van der Waals surface area contributed by atoms with Crippen molar-refractivity contribution in [3.8, 4) is 0 Å². The van der Waals surface area contributed by atoms with Crippen LogP contribution in [0.3, 0.4) is 0 Å². The lowest BCUT2D eigenvalue weighted by molar-refractivity contribution is -0.120. The van der Waals surface area contributed by atoms with Gasteiger partial charge in [-0.2, -0.15) is 0 Å². The molecule has 9 nitrogen and oxygen atoms in total. The standard InChI is InChI=1S/C26H28N4O5/c1-15-14-29(11-10-27-15)17-8-9-21(20(13-17)26(34)35)28-23(31)22(12-16-6-7-16)30-24(32)18-4-2-3-5-19(18)25(30)33/h2-5,8-9,13,15-16,22,27H,6-7,10-12,14H2,1H3,(H,28,31)(H,34,35)/t15-,22-/m0/s1. The van der Waals surface area contributed by atoms with Crippen LogP contribution in [-0.4, -0.2) is 65.4 Å². The number of nitrogens with one attached hydrogen (secondary N) is 2. The van der Waals surface area contributed by atoms with Gasteiger partial charge in [-0.25, -0.2) is 4.79 Å². The summed E-state index contributed by atoms with van der Waals surface area (Å²) in [6, 6.07) is 10.7. The molecule has 182 valence electrons. The Balaban J connectivity index is 1.41. The average Bonchev–Trinajstić information content (AvgIpc) is 3.63. The normalized spacial score (nSPS) is 20.5. The molecular formula is C26H28N4O5. The summed E-state index contributed by atoms with van der Waals surface area (Å²) < 4.78 is 0. The van der Waals surface area contributed by atoms with Gasteiger partial charge in [-0.1, -0.05) is 25.0 Å². The van der Waals surface area contributed by atoms with E-state index in [9.17, 15) is 24.3 Å². The molecule has 0 radical (unpaired) electrons. The average molecular weight is 477 g/mol. The highest BCUT2D eigenvalue weighted by Crippen LogP contribution is 2.37. The molecule has 3 N–H and O–H groups in total. The van der Waals surface area contributed by atoms with E-state index >= 15 is 0 Å². The van der Waals surface area contributed by atoms with Gasteiger partial charge in [0, 0.05) is 31.4 Å². The van der Waals surface area contributed by atoms with Crippen molar-refractivity contribution in [2.45, 2.75) is 38.3 Å². The number of fused-ring (bicyclic) bond motifs is 1. The minimum absolute atomic E-state index is 0.0328. The summed E-state index contributed by atoms with van der Waals surface area (Å²) >= 11 is 0. The number of carboxylic acids is 1. The fraction of sp³-hybridized carbons (Fsp3) is 0.385. The molecule has 2 heterocycles. The third kappa shape index (κ3) is 4.51. The van der Waals surface area contributed by atoms with Gasteiger partial charge in [0.15, 0.2) is 0 Å². The van der Waals surface area contributed by atoms with E-state index in [0.717, 1.165) is 43.1 Å². The highest BCUT2D eigenvalue weighted by Gasteiger charge is 2.44. The van der Waals surface area contributed by atoms with Gasteiger partial charge in [0.25, 0.3) is 11.8 Å². The van der Waals surface area contributed by atoms with Gasteiger partial charge in [-0.05, 0) is 49.6 Å². The van der Waals surface area contributed by atoms with Crippen LogP contribution in [0.25, 0.3) is 0 Å². The molecule has 5 rings (SSSR count). The summed E-state index contributed by atoms with van der Waals surface area (Å²) in [6.07, 6.45) is 2.23. The van der Waals surface area contributed by atoms with Gasteiger partial charge in [-0.3, -0.25) is 19.3 Å². The van der Waals surface area contributed by atoms with E-state index in [-0.39, 0.29) is 34.3 Å². The number of hydrogen-bond acceptors (Lipinski definition) is 6. The molecule has 0 aromatic heterocycles. The largest absolute Gasteiger partial charge is 0.478 e. The maximum absolute atomic E-state index is 13.4. The van der Waals surface area contributed by atoms with Gasteiger partial charge >= 0.3 is 5.97 Å². The lowest BCUT2D eigenvalue weighted by Gasteiger charge is -2.34. The van der Waals surface area contributed by atoms with Crippen molar-refractivity contribution in [2.24, 2.45) is 5.92 Å². The molecule has 2 aliphatic heterocycles. The smallest absolute Gasteiger partial charge is 0.337 e. The summed E-state index contributed by atoms with van der Waals surface area (Å²) in [5, 5.41) is 15.9. The quantitative estimate of drug-likeness (QED) is 0.526. The number of carbonyl (C=O) groups is 4. The number of anilines is 2. The molecule has 0 bridgehead atoms. The molecular weight excluding hydrogens is 448 g/mol. The van der Waals surface area contributed by atoms with Gasteiger partial charge < -0.3 is 20.6 Å². The Morgan fingerprint density at radius 1 is 1.11 bits per heavy atom. The zero-order valence-electron chi connectivity index (χ0n) is 19.5. The first kappa shape index (κ1) is 23.0. The second-order valence-electron chi connectivity index (χ2n) is 9.55. The Kier molecular flexibility index (Phi) is 6.02. The third-order valence-corrected chi connectivity index (χ3v) is 6.92. The van der Waals surface area contributed by atoms with E-state index in [0.29, 0.717) is 6.42 Å². The number of hydrogen-bond donors (Lipinski definition) is 3. The SMILES string of the molecule is C[C@H]1CN(c2ccc(NC(=O)[C@H](CC3CC3)N3C(=O)c4ccccc4C3=O)c(C(=O)O)c2)CCN1. The number of carbonyl (C=O) groups excluding carboxylic acids is 3. The summed E-state index contributed by atoms with van der Waals surface area (Å²) in [6.45, 7) is 4.36. The molecule has 2 aromatic carbocycles. The zero-order valence-corrected chi connectivity index (χ0v) is 19.5. The Hall–Kier alpha value is -3.72. The molecule has 2 fully saturated rings. The van der Waals surface area contributed by atoms with Crippen molar-refractivity contribution in [1.29, 1.82) is 0 Å². The Morgan fingerprint density at radius 3 is 2.40 bits per heavy atom. The summed E-state index contributed by atoms with van der Waals surface area (Å²) in [5.41, 5.74) is 1.45. The number of nitrogens with zero attached hydrogens (tertiary/aromatic N) is 2. The van der Waals surface area contributed by atoms with Crippen LogP contribution < -0.4 is 15.5 Å². The van der Waals surface area contributed by atoms with Crippen molar-refractivity contribution in [3.05, 3.63) is 59.2 Å². The summed E-state index contributed by atoms with van der Waals surface area (Å²) in [4.78, 5) is 54.7. The van der Waals surface area contributed by atoms with Crippen molar-refractivity contribution in [3.63, 3.8) is 0 Å². The highest BCUT2D eigenvalue weighted by atomic mass is 16.4. The lowest BCUT2D eigenvalue weighted by Crippen LogP contribution is -2.49. The molecule has 9 heteroatoms. The lowest BCUT2D eigenvalue weighted by atomic mass is 10.1. The second kappa shape index (κ2) is 9.14. The van der Waals surface area contributed by atoms with Gasteiger partial charge in [0.2, 0.25) is 5.91 Å². The highest BCUT2D eigenvalue weighted by molar-refractivity contribution is 6.23. The van der Waals surface area contributed by atoms with Crippen molar-refractivity contribution >= 4 is 35.1 Å². The van der Waals surface area contributed by atoms with Gasteiger partial charge in [0.05, 0.1) is 22.4 Å². The van der Waals surface area contributed by atoms with Crippen molar-refractivity contribution in [2.75, 3.05) is 29.9 Å². The van der Waals surface area contributed by atoms with Crippen molar-refractivity contribution in [1.82, 2.24) is 10.2 Å². The summed E-state index contributed by atoms with van der Waals surface area (Å²) in [7, 11) is 0. The minimum atomic E-state index is -1.16. The van der Waals surface area contributed by atoms with Crippen LogP contribution in [-0.2, 0) is 4.79 Å². The Bertz CT molecular complexity index is 1170. The van der Waals surface area contributed by atoms with Gasteiger partial charge in [-0.15, -0.1) is 0 Å². The van der Waals surface area contributed by atoms with Crippen LogP contribution >= 0.6 is 0 Å². The van der Waals surface area contributed by atoms with E-state index < -0.39 is 29.7 Å². The predicted molar refractivity (Wildman–Crippen MR) is 130 cm³/mol. The van der Waals surface area contributed by atoms with Gasteiger partial charge in [0.1, 0.15) is 6.04 Å². The van der Waals surface area contributed by atoms with Crippen molar-refractivity contribution < 1.29 is 24.3 Å². The first-order valence-corrected chi connectivity index (χ1v) is 12.0. The first-order valence-electron chi connectivity index (χ1n) is 12.0. The van der Waals surface area contributed by atoms with E-state index in [1.807, 2.05) is 0 Å².